The number of pyridine rings is 1. The number of non-ortho nitro benzene ring substituents is 1. The maximum Gasteiger partial charge on any atom is 0.272 e. The van der Waals surface area contributed by atoms with Crippen molar-refractivity contribution in [1.29, 1.82) is 5.26 Å². The fourth-order valence-electron chi connectivity index (χ4n) is 1.53. The van der Waals surface area contributed by atoms with Gasteiger partial charge in [-0.3, -0.25) is 10.1 Å². The average molecular weight is 273 g/mol. The van der Waals surface area contributed by atoms with E-state index in [2.05, 4.69) is 4.98 Å². The molecule has 6 nitrogen and oxygen atoms in total. The summed E-state index contributed by atoms with van der Waals surface area (Å²) < 4.78 is 18.8. The molecule has 0 atom stereocenters. The summed E-state index contributed by atoms with van der Waals surface area (Å²) in [5, 5.41) is 19.3. The first kappa shape index (κ1) is 13.4. The summed E-state index contributed by atoms with van der Waals surface area (Å²) in [7, 11) is 0. The Morgan fingerprint density at radius 1 is 1.45 bits per heavy atom. The van der Waals surface area contributed by atoms with Crippen molar-refractivity contribution in [2.75, 3.05) is 0 Å². The summed E-state index contributed by atoms with van der Waals surface area (Å²) in [5.41, 5.74) is 0.344. The highest BCUT2D eigenvalue weighted by Gasteiger charge is 2.12. The lowest BCUT2D eigenvalue weighted by atomic mass is 10.2. The Kier molecular flexibility index (Phi) is 3.86. The Hall–Kier alpha value is -3.01. The van der Waals surface area contributed by atoms with E-state index in [1.54, 1.807) is 12.1 Å². The fraction of sp³-hybridized carbons (Fsp3) is 0.0769. The van der Waals surface area contributed by atoms with Gasteiger partial charge in [0, 0.05) is 17.8 Å². The van der Waals surface area contributed by atoms with Crippen LogP contribution in [0.4, 0.5) is 10.1 Å². The van der Waals surface area contributed by atoms with Gasteiger partial charge < -0.3 is 4.74 Å². The highest BCUT2D eigenvalue weighted by atomic mass is 19.1. The molecule has 0 saturated heterocycles. The van der Waals surface area contributed by atoms with E-state index in [0.29, 0.717) is 5.56 Å². The molecule has 1 heterocycles. The topological polar surface area (TPSA) is 89.0 Å². The van der Waals surface area contributed by atoms with Crippen LogP contribution in [-0.4, -0.2) is 9.91 Å². The van der Waals surface area contributed by atoms with Crippen molar-refractivity contribution < 1.29 is 14.1 Å². The van der Waals surface area contributed by atoms with Crippen molar-refractivity contribution in [2.24, 2.45) is 0 Å². The summed E-state index contributed by atoms with van der Waals surface area (Å²) in [6.45, 7) is -0.0501. The molecule has 0 radical (unpaired) electrons. The average Bonchev–Trinajstić information content (AvgIpc) is 2.46. The molecule has 0 unspecified atom stereocenters. The van der Waals surface area contributed by atoms with Crippen molar-refractivity contribution >= 4 is 5.69 Å². The van der Waals surface area contributed by atoms with Gasteiger partial charge in [0.05, 0.1) is 11.0 Å². The van der Waals surface area contributed by atoms with Gasteiger partial charge in [-0.15, -0.1) is 0 Å². The molecule has 0 aliphatic carbocycles. The standard InChI is InChI=1S/C13H8FN3O3/c14-11-6-10(17(18)19)3-4-13(11)20-8-9-2-1-5-16-12(9)7-15/h1-6H,8H2. The van der Waals surface area contributed by atoms with Gasteiger partial charge in [0.25, 0.3) is 5.69 Å². The SMILES string of the molecule is N#Cc1ncccc1COc1ccc([N+](=O)[O-])cc1F. The van der Waals surface area contributed by atoms with Gasteiger partial charge in [-0.2, -0.15) is 5.26 Å². The molecular formula is C13H8FN3O3. The summed E-state index contributed by atoms with van der Waals surface area (Å²) in [6.07, 6.45) is 1.47. The molecule has 1 aromatic carbocycles. The molecule has 0 spiro atoms. The van der Waals surface area contributed by atoms with E-state index < -0.39 is 10.7 Å². The number of aromatic nitrogens is 1. The van der Waals surface area contributed by atoms with E-state index >= 15 is 0 Å². The third-order valence-corrected chi connectivity index (χ3v) is 2.51. The zero-order valence-corrected chi connectivity index (χ0v) is 10.1. The maximum atomic E-state index is 13.6. The van der Waals surface area contributed by atoms with Crippen LogP contribution >= 0.6 is 0 Å². The number of hydrogen-bond donors (Lipinski definition) is 0. The minimum absolute atomic E-state index is 0.0501. The molecule has 0 bridgehead atoms. The van der Waals surface area contributed by atoms with Crippen LogP contribution in [0.5, 0.6) is 5.75 Å². The van der Waals surface area contributed by atoms with Crippen molar-refractivity contribution in [3.63, 3.8) is 0 Å². The normalized spacial score (nSPS) is 9.80. The number of rotatable bonds is 4. The summed E-state index contributed by atoms with van der Waals surface area (Å²) in [6, 6.07) is 8.26. The first-order chi connectivity index (χ1) is 9.61. The van der Waals surface area contributed by atoms with Crippen molar-refractivity contribution in [2.45, 2.75) is 6.61 Å². The van der Waals surface area contributed by atoms with E-state index in [0.717, 1.165) is 12.1 Å². The van der Waals surface area contributed by atoms with E-state index in [9.17, 15) is 14.5 Å². The first-order valence-corrected chi connectivity index (χ1v) is 5.52. The molecule has 100 valence electrons. The Morgan fingerprint density at radius 2 is 2.25 bits per heavy atom. The van der Waals surface area contributed by atoms with E-state index in [-0.39, 0.29) is 23.7 Å². The van der Waals surface area contributed by atoms with Crippen LogP contribution in [0.15, 0.2) is 36.5 Å². The lowest BCUT2D eigenvalue weighted by Gasteiger charge is -2.07. The second kappa shape index (κ2) is 5.75. The van der Waals surface area contributed by atoms with Gasteiger partial charge >= 0.3 is 0 Å². The summed E-state index contributed by atoms with van der Waals surface area (Å²) in [4.78, 5) is 13.6. The smallest absolute Gasteiger partial charge is 0.272 e. The van der Waals surface area contributed by atoms with Crippen LogP contribution in [0.2, 0.25) is 0 Å². The minimum Gasteiger partial charge on any atom is -0.486 e. The fourth-order valence-corrected chi connectivity index (χ4v) is 1.53. The lowest BCUT2D eigenvalue weighted by molar-refractivity contribution is -0.385. The molecule has 20 heavy (non-hydrogen) atoms. The van der Waals surface area contributed by atoms with Gasteiger partial charge in [0.2, 0.25) is 0 Å². The largest absolute Gasteiger partial charge is 0.486 e. The van der Waals surface area contributed by atoms with E-state index in [4.69, 9.17) is 10.00 Å². The van der Waals surface area contributed by atoms with Crippen LogP contribution < -0.4 is 4.74 Å². The molecule has 1 aromatic heterocycles. The summed E-state index contributed by atoms with van der Waals surface area (Å²) >= 11 is 0. The second-order valence-corrected chi connectivity index (χ2v) is 3.78. The minimum atomic E-state index is -0.832. The summed E-state index contributed by atoms with van der Waals surface area (Å²) in [5.74, 6) is -0.954. The predicted octanol–water partition coefficient (Wildman–Crippen LogP) is 2.58. The molecule has 0 N–H and O–H groups in total. The maximum absolute atomic E-state index is 13.6. The zero-order valence-electron chi connectivity index (χ0n) is 10.1. The second-order valence-electron chi connectivity index (χ2n) is 3.78. The van der Waals surface area contributed by atoms with Gasteiger partial charge in [-0.05, 0) is 12.1 Å². The zero-order chi connectivity index (χ0) is 14.5. The molecule has 0 saturated carbocycles. The van der Waals surface area contributed by atoms with Crippen molar-refractivity contribution in [3.05, 3.63) is 63.7 Å². The third kappa shape index (κ3) is 2.87. The quantitative estimate of drug-likeness (QED) is 0.630. The monoisotopic (exact) mass is 273 g/mol. The van der Waals surface area contributed by atoms with Gasteiger partial charge in [-0.25, -0.2) is 9.37 Å². The molecule has 0 aliphatic heterocycles. The number of benzene rings is 1. The Balaban J connectivity index is 2.16. The molecule has 0 amide bonds. The first-order valence-electron chi connectivity index (χ1n) is 5.52. The van der Waals surface area contributed by atoms with Gasteiger partial charge in [0.15, 0.2) is 11.6 Å². The van der Waals surface area contributed by atoms with Crippen LogP contribution in [0.1, 0.15) is 11.3 Å². The number of nitrogens with zero attached hydrogens (tertiary/aromatic N) is 3. The Labute approximate surface area is 113 Å². The molecule has 7 heteroatoms. The Bertz CT molecular complexity index is 698. The number of halogens is 1. The molecule has 2 rings (SSSR count). The number of nitro groups is 1. The van der Waals surface area contributed by atoms with Gasteiger partial charge in [0.1, 0.15) is 18.4 Å². The number of nitriles is 1. The van der Waals surface area contributed by atoms with Crippen LogP contribution in [0.25, 0.3) is 0 Å². The number of hydrogen-bond acceptors (Lipinski definition) is 5. The third-order valence-electron chi connectivity index (χ3n) is 2.51. The number of nitro benzene ring substituents is 1. The highest BCUT2D eigenvalue weighted by Crippen LogP contribution is 2.23. The molecule has 0 fully saturated rings. The number of ether oxygens (including phenoxy) is 1. The van der Waals surface area contributed by atoms with Crippen LogP contribution in [0, 0.1) is 27.3 Å². The predicted molar refractivity (Wildman–Crippen MR) is 66.3 cm³/mol. The highest BCUT2D eigenvalue weighted by molar-refractivity contribution is 5.38. The molecule has 0 aliphatic rings. The van der Waals surface area contributed by atoms with Crippen LogP contribution in [-0.2, 0) is 6.61 Å². The Morgan fingerprint density at radius 3 is 2.90 bits per heavy atom. The van der Waals surface area contributed by atoms with E-state index in [1.807, 2.05) is 6.07 Å². The van der Waals surface area contributed by atoms with E-state index in [1.165, 1.54) is 12.3 Å². The van der Waals surface area contributed by atoms with Crippen molar-refractivity contribution in [3.8, 4) is 11.8 Å². The molecule has 2 aromatic rings. The molecular weight excluding hydrogens is 265 g/mol. The lowest BCUT2D eigenvalue weighted by Crippen LogP contribution is -2.01. The van der Waals surface area contributed by atoms with Gasteiger partial charge in [-0.1, -0.05) is 6.07 Å². The van der Waals surface area contributed by atoms with Crippen molar-refractivity contribution in [1.82, 2.24) is 4.98 Å². The van der Waals surface area contributed by atoms with Crippen LogP contribution in [0.3, 0.4) is 0 Å².